The maximum Gasteiger partial charge on any atom is 0.400 e. The van der Waals surface area contributed by atoms with Crippen molar-refractivity contribution in [3.05, 3.63) is 0 Å². The number of fused-ring (bicyclic) bond motifs is 5. The summed E-state index contributed by atoms with van der Waals surface area (Å²) >= 11 is 0. The predicted octanol–water partition coefficient (Wildman–Crippen LogP) is 4.12. The summed E-state index contributed by atoms with van der Waals surface area (Å²) in [6.07, 6.45) is -0.00481. The summed E-state index contributed by atoms with van der Waals surface area (Å²) in [6.45, 7) is 5.64. The molecule has 40 heavy (non-hydrogen) atoms. The number of aliphatic hydroxyl groups is 3. The van der Waals surface area contributed by atoms with E-state index in [0.717, 1.165) is 25.7 Å². The minimum absolute atomic E-state index is 0.0143. The van der Waals surface area contributed by atoms with Crippen LogP contribution in [0.1, 0.15) is 85.0 Å². The number of esters is 1. The monoisotopic (exact) mass is 598 g/mol. The lowest BCUT2D eigenvalue weighted by atomic mass is 9.43. The first-order valence-corrected chi connectivity index (χ1v) is 16.1. The van der Waals surface area contributed by atoms with Crippen molar-refractivity contribution >= 4 is 16.1 Å². The molecule has 6 unspecified atom stereocenters. The van der Waals surface area contributed by atoms with Crippen LogP contribution in [0.3, 0.4) is 0 Å². The smallest absolute Gasteiger partial charge is 0.400 e. The van der Waals surface area contributed by atoms with Crippen LogP contribution < -0.4 is 0 Å². The third-order valence-electron chi connectivity index (χ3n) is 11.7. The topological polar surface area (TPSA) is 141 Å². The second-order valence-electron chi connectivity index (χ2n) is 13.6. The van der Waals surface area contributed by atoms with Crippen molar-refractivity contribution in [3.63, 3.8) is 0 Å². The lowest BCUT2D eigenvalue weighted by Gasteiger charge is -2.63. The van der Waals surface area contributed by atoms with Gasteiger partial charge in [0.25, 0.3) is 0 Å². The first-order chi connectivity index (χ1) is 18.4. The average Bonchev–Trinajstić information content (AvgIpc) is 3.22. The third-order valence-corrected chi connectivity index (χ3v) is 12.6. The highest BCUT2D eigenvalue weighted by Crippen LogP contribution is 2.68. The maximum absolute atomic E-state index is 13.6. The van der Waals surface area contributed by atoms with Gasteiger partial charge in [-0.05, 0) is 97.7 Å². The molecule has 0 saturated heterocycles. The molecular formula is C28H45F3O8S. The fraction of sp³-hybridized carbons (Fsp3) is 0.964. The summed E-state index contributed by atoms with van der Waals surface area (Å²) in [5.41, 5.74) is -0.464. The van der Waals surface area contributed by atoms with Gasteiger partial charge < -0.3 is 20.1 Å². The van der Waals surface area contributed by atoms with Gasteiger partial charge in [-0.1, -0.05) is 20.8 Å². The molecule has 0 aromatic carbocycles. The molecule has 0 amide bonds. The van der Waals surface area contributed by atoms with Gasteiger partial charge in [0.05, 0.1) is 24.9 Å². The Hall–Kier alpha value is -0.950. The Morgan fingerprint density at radius 1 is 1.05 bits per heavy atom. The van der Waals surface area contributed by atoms with E-state index in [1.54, 1.807) is 0 Å². The molecule has 0 aliphatic heterocycles. The number of carbonyl (C=O) groups excluding carboxylic acids is 1. The number of carbonyl (C=O) groups is 1. The van der Waals surface area contributed by atoms with Crippen molar-refractivity contribution in [2.24, 2.45) is 46.3 Å². The fourth-order valence-corrected chi connectivity index (χ4v) is 9.80. The number of hydrogen-bond donors (Lipinski definition) is 4. The Morgan fingerprint density at radius 3 is 2.38 bits per heavy atom. The van der Waals surface area contributed by atoms with Gasteiger partial charge in [0.1, 0.15) is 0 Å². The summed E-state index contributed by atoms with van der Waals surface area (Å²) in [6, 6.07) is 0. The van der Waals surface area contributed by atoms with Crippen LogP contribution in [-0.4, -0.2) is 70.6 Å². The van der Waals surface area contributed by atoms with Crippen molar-refractivity contribution in [1.29, 1.82) is 0 Å². The first kappa shape index (κ1) is 32.0. The molecule has 4 aliphatic rings. The highest BCUT2D eigenvalue weighted by atomic mass is 32.2. The summed E-state index contributed by atoms with van der Waals surface area (Å²) in [5, 5.41) is 28.3. The van der Waals surface area contributed by atoms with Gasteiger partial charge in [0.15, 0.2) is 6.17 Å². The van der Waals surface area contributed by atoms with Crippen LogP contribution in [0.25, 0.3) is 0 Å². The van der Waals surface area contributed by atoms with E-state index >= 15 is 0 Å². The van der Waals surface area contributed by atoms with E-state index in [9.17, 15) is 41.7 Å². The molecule has 4 N–H and O–H groups in total. The van der Waals surface area contributed by atoms with Gasteiger partial charge in [0.2, 0.25) is 0 Å². The van der Waals surface area contributed by atoms with Crippen LogP contribution in [0.5, 0.6) is 0 Å². The minimum Gasteiger partial charge on any atom is -0.466 e. The number of ether oxygens (including phenoxy) is 1. The van der Waals surface area contributed by atoms with Crippen molar-refractivity contribution in [1.82, 2.24) is 0 Å². The van der Waals surface area contributed by atoms with Crippen LogP contribution in [0, 0.1) is 46.3 Å². The Kier molecular flexibility index (Phi) is 9.02. The van der Waals surface area contributed by atoms with E-state index in [4.69, 9.17) is 9.29 Å². The maximum atomic E-state index is 13.6. The van der Waals surface area contributed by atoms with E-state index in [2.05, 4.69) is 13.8 Å². The Labute approximate surface area is 234 Å². The first-order valence-electron chi connectivity index (χ1n) is 14.6. The van der Waals surface area contributed by atoms with Crippen LogP contribution in [0.15, 0.2) is 0 Å². The molecule has 4 aliphatic carbocycles. The van der Waals surface area contributed by atoms with Gasteiger partial charge in [-0.2, -0.15) is 17.2 Å². The number of alkyl halides is 3. The van der Waals surface area contributed by atoms with Gasteiger partial charge in [0, 0.05) is 12.8 Å². The van der Waals surface area contributed by atoms with Crippen molar-refractivity contribution in [2.75, 3.05) is 6.61 Å². The zero-order valence-corrected chi connectivity index (χ0v) is 24.3. The molecule has 0 bridgehead atoms. The van der Waals surface area contributed by atoms with Gasteiger partial charge in [-0.3, -0.25) is 9.35 Å². The van der Waals surface area contributed by atoms with Gasteiger partial charge in [-0.15, -0.1) is 0 Å². The van der Waals surface area contributed by atoms with Crippen LogP contribution in [0.4, 0.5) is 13.2 Å². The molecule has 0 heterocycles. The normalized spacial score (nSPS) is 43.2. The fourth-order valence-electron chi connectivity index (χ4n) is 9.36. The summed E-state index contributed by atoms with van der Waals surface area (Å²) < 4.78 is 74.9. The average molecular weight is 599 g/mol. The van der Waals surface area contributed by atoms with Crippen LogP contribution in [-0.2, 0) is 19.6 Å². The second kappa shape index (κ2) is 11.3. The summed E-state index contributed by atoms with van der Waals surface area (Å²) in [5.74, 6) is -0.0000659. The van der Waals surface area contributed by atoms with Crippen molar-refractivity contribution in [2.45, 2.75) is 115 Å². The molecule has 8 nitrogen and oxygen atoms in total. The molecule has 4 rings (SSSR count). The number of rotatable bonds is 9. The molecule has 232 valence electrons. The second-order valence-corrected chi connectivity index (χ2v) is 15.0. The molecule has 0 aromatic rings. The molecule has 0 radical (unpaired) electrons. The number of aliphatic hydroxyl groups excluding tert-OH is 3. The van der Waals surface area contributed by atoms with E-state index in [1.165, 1.54) is 0 Å². The van der Waals surface area contributed by atoms with Crippen molar-refractivity contribution < 1.29 is 51.0 Å². The Balaban J connectivity index is 1.35. The highest BCUT2D eigenvalue weighted by Gasteiger charge is 2.65. The van der Waals surface area contributed by atoms with E-state index in [0.29, 0.717) is 25.7 Å². The zero-order chi connectivity index (χ0) is 29.8. The number of halogens is 3. The Bertz CT molecular complexity index is 1040. The largest absolute Gasteiger partial charge is 0.466 e. The molecule has 0 spiro atoms. The molecule has 4 saturated carbocycles. The molecule has 12 heteroatoms. The zero-order valence-electron chi connectivity index (χ0n) is 23.5. The van der Waals surface area contributed by atoms with Gasteiger partial charge in [-0.25, -0.2) is 4.39 Å². The molecule has 0 aromatic heterocycles. The number of hydrogen-bond acceptors (Lipinski definition) is 7. The molecule has 4 fully saturated rings. The molecule has 12 atom stereocenters. The van der Waals surface area contributed by atoms with E-state index in [1.807, 2.05) is 6.92 Å². The summed E-state index contributed by atoms with van der Waals surface area (Å²) in [7, 11) is -5.92. The van der Waals surface area contributed by atoms with Crippen molar-refractivity contribution in [3.8, 4) is 0 Å². The van der Waals surface area contributed by atoms with E-state index < -0.39 is 58.2 Å². The predicted molar refractivity (Wildman–Crippen MR) is 139 cm³/mol. The highest BCUT2D eigenvalue weighted by molar-refractivity contribution is 7.86. The quantitative estimate of drug-likeness (QED) is 0.230. The van der Waals surface area contributed by atoms with E-state index in [-0.39, 0.29) is 53.4 Å². The Morgan fingerprint density at radius 2 is 1.73 bits per heavy atom. The lowest BCUT2D eigenvalue weighted by molar-refractivity contribution is -0.207. The van der Waals surface area contributed by atoms with Crippen LogP contribution in [0.2, 0.25) is 0 Å². The van der Waals surface area contributed by atoms with Crippen LogP contribution >= 0.6 is 0 Å². The summed E-state index contributed by atoms with van der Waals surface area (Å²) in [4.78, 5) is 12.2. The van der Waals surface area contributed by atoms with Gasteiger partial charge >= 0.3 is 21.3 Å². The third kappa shape index (κ3) is 5.44. The lowest BCUT2D eigenvalue weighted by Crippen LogP contribution is -2.62. The molecular weight excluding hydrogens is 553 g/mol. The minimum atomic E-state index is -5.92. The standard InChI is InChI=1S/C28H45F3O8S/c1-15(4-7-24(35)39-11-9-22(29)28(30,31)40(36,37)38)18-5-6-19-25-20(14-23(34)27(18,19)3)26(2)10-8-17(32)12-16(26)13-21(25)33/h15-23,25,32-34H,4-14H2,1-3H3,(H,36,37,38)/t15-,16?,17-,18-,19?,20?,21?,22?,23+,25?,26+,27-/m1/s1. The SMILES string of the molecule is C[C@H](CCC(=O)OCCC(F)C(F)(F)S(=O)(=O)O)[C@H]1CCC2C3C(O)CC4C[C@H](O)CC[C@]4(C)C3C[C@H](O)[C@@]21C.